The topological polar surface area (TPSA) is 50.5 Å². The van der Waals surface area contributed by atoms with Gasteiger partial charge in [0.2, 0.25) is 0 Å². The van der Waals surface area contributed by atoms with Gasteiger partial charge in [-0.3, -0.25) is 9.59 Å². The number of aryl methyl sites for hydroxylation is 2. The molecule has 0 radical (unpaired) electrons. The summed E-state index contributed by atoms with van der Waals surface area (Å²) in [6.45, 7) is 4.18. The Morgan fingerprint density at radius 3 is 2.15 bits per heavy atom. The highest BCUT2D eigenvalue weighted by Gasteiger charge is 2.21. The van der Waals surface area contributed by atoms with E-state index in [4.69, 9.17) is 4.42 Å². The lowest BCUT2D eigenvalue weighted by Gasteiger charge is -2.17. The minimum atomic E-state index is -0.213. The zero-order chi connectivity index (χ0) is 18.7. The quantitative estimate of drug-likeness (QED) is 0.643. The molecule has 1 amide bonds. The molecule has 3 rings (SSSR count). The zero-order valence-electron chi connectivity index (χ0n) is 15.2. The van der Waals surface area contributed by atoms with Crippen molar-refractivity contribution in [1.29, 1.82) is 0 Å². The van der Waals surface area contributed by atoms with Crippen LogP contribution in [-0.2, 0) is 6.54 Å². The molecule has 2 aromatic carbocycles. The van der Waals surface area contributed by atoms with Crippen LogP contribution < -0.4 is 0 Å². The largest absolute Gasteiger partial charge is 0.464 e. The first-order chi connectivity index (χ1) is 12.5. The maximum absolute atomic E-state index is 12.9. The Balaban J connectivity index is 1.87. The third kappa shape index (κ3) is 3.75. The summed E-state index contributed by atoms with van der Waals surface area (Å²) in [4.78, 5) is 27.3. The molecule has 0 spiro atoms. The van der Waals surface area contributed by atoms with Gasteiger partial charge in [0.15, 0.2) is 5.78 Å². The second-order valence-electron chi connectivity index (χ2n) is 6.41. The van der Waals surface area contributed by atoms with Gasteiger partial charge in [0.1, 0.15) is 11.5 Å². The predicted octanol–water partition coefficient (Wildman–Crippen LogP) is 4.40. The average molecular weight is 347 g/mol. The van der Waals surface area contributed by atoms with E-state index in [0.29, 0.717) is 29.0 Å². The van der Waals surface area contributed by atoms with Crippen LogP contribution in [0.25, 0.3) is 0 Å². The molecule has 0 aliphatic heterocycles. The Hall–Kier alpha value is -3.14. The van der Waals surface area contributed by atoms with Gasteiger partial charge >= 0.3 is 0 Å². The van der Waals surface area contributed by atoms with E-state index in [2.05, 4.69) is 0 Å². The van der Waals surface area contributed by atoms with Gasteiger partial charge in [-0.05, 0) is 32.0 Å². The monoisotopic (exact) mass is 347 g/mol. The molecule has 0 fully saturated rings. The molecule has 0 aliphatic carbocycles. The summed E-state index contributed by atoms with van der Waals surface area (Å²) in [5.74, 6) is 1.14. The fourth-order valence-electron chi connectivity index (χ4n) is 2.81. The molecule has 0 atom stereocenters. The minimum Gasteiger partial charge on any atom is -0.464 e. The van der Waals surface area contributed by atoms with Crippen molar-refractivity contribution in [3.8, 4) is 0 Å². The van der Waals surface area contributed by atoms with Crippen LogP contribution in [0.3, 0.4) is 0 Å². The highest BCUT2D eigenvalue weighted by atomic mass is 16.3. The van der Waals surface area contributed by atoms with Crippen LogP contribution in [0.15, 0.2) is 65.1 Å². The molecule has 0 saturated carbocycles. The van der Waals surface area contributed by atoms with Crippen molar-refractivity contribution in [2.45, 2.75) is 20.4 Å². The molecule has 4 heteroatoms. The first-order valence-electron chi connectivity index (χ1n) is 8.47. The fourth-order valence-corrected chi connectivity index (χ4v) is 2.81. The summed E-state index contributed by atoms with van der Waals surface area (Å²) in [5.41, 5.74) is 2.45. The summed E-state index contributed by atoms with van der Waals surface area (Å²) in [6, 6.07) is 18.0. The van der Waals surface area contributed by atoms with Gasteiger partial charge in [-0.2, -0.15) is 0 Å². The first kappa shape index (κ1) is 17.7. The number of carbonyl (C=O) groups is 2. The molecule has 0 unspecified atom stereocenters. The number of rotatable bonds is 5. The van der Waals surface area contributed by atoms with Crippen LogP contribution in [0.4, 0.5) is 0 Å². The summed E-state index contributed by atoms with van der Waals surface area (Å²) in [6.07, 6.45) is 0. The van der Waals surface area contributed by atoms with E-state index < -0.39 is 0 Å². The highest BCUT2D eigenvalue weighted by Crippen LogP contribution is 2.18. The van der Waals surface area contributed by atoms with Crippen molar-refractivity contribution in [1.82, 2.24) is 4.90 Å². The zero-order valence-corrected chi connectivity index (χ0v) is 15.2. The highest BCUT2D eigenvalue weighted by molar-refractivity contribution is 6.15. The van der Waals surface area contributed by atoms with Crippen molar-refractivity contribution in [2.75, 3.05) is 7.05 Å². The molecular weight excluding hydrogens is 326 g/mol. The van der Waals surface area contributed by atoms with Gasteiger partial charge < -0.3 is 9.32 Å². The Morgan fingerprint density at radius 1 is 0.885 bits per heavy atom. The number of hydrogen-bond acceptors (Lipinski definition) is 3. The first-order valence-corrected chi connectivity index (χ1v) is 8.47. The van der Waals surface area contributed by atoms with Gasteiger partial charge in [0, 0.05) is 18.2 Å². The molecule has 3 aromatic rings. The summed E-state index contributed by atoms with van der Waals surface area (Å²) in [7, 11) is 1.70. The summed E-state index contributed by atoms with van der Waals surface area (Å²) >= 11 is 0. The number of benzene rings is 2. The van der Waals surface area contributed by atoms with Crippen LogP contribution in [0.2, 0.25) is 0 Å². The Bertz CT molecular complexity index is 938. The molecule has 0 bridgehead atoms. The number of nitrogens with zero attached hydrogens (tertiary/aromatic N) is 1. The Morgan fingerprint density at radius 2 is 1.54 bits per heavy atom. The molecule has 26 heavy (non-hydrogen) atoms. The second-order valence-corrected chi connectivity index (χ2v) is 6.41. The Kier molecular flexibility index (Phi) is 5.03. The Labute approximate surface area is 153 Å². The number of carbonyl (C=O) groups excluding carboxylic acids is 2. The van der Waals surface area contributed by atoms with Gasteiger partial charge in [-0.25, -0.2) is 0 Å². The molecule has 0 N–H and O–H groups in total. The summed E-state index contributed by atoms with van der Waals surface area (Å²) < 4.78 is 5.54. The van der Waals surface area contributed by atoms with Gasteiger partial charge in [-0.1, -0.05) is 48.0 Å². The van der Waals surface area contributed by atoms with E-state index in [1.807, 2.05) is 38.1 Å². The average Bonchev–Trinajstić information content (AvgIpc) is 3.06. The minimum absolute atomic E-state index is 0.156. The number of furan rings is 1. The lowest BCUT2D eigenvalue weighted by molar-refractivity contribution is 0.0770. The van der Waals surface area contributed by atoms with Gasteiger partial charge in [0.05, 0.1) is 12.1 Å². The predicted molar refractivity (Wildman–Crippen MR) is 100 cm³/mol. The van der Waals surface area contributed by atoms with Crippen molar-refractivity contribution < 1.29 is 14.0 Å². The maximum atomic E-state index is 12.9. The fraction of sp³-hybridized carbons (Fsp3) is 0.182. The molecule has 0 saturated heterocycles. The SMILES string of the molecule is Cc1ccc(C(=O)c2ccccc2C(=O)N(C)Cc2ccc(C)o2)cc1. The third-order valence-corrected chi connectivity index (χ3v) is 4.25. The number of hydrogen-bond donors (Lipinski definition) is 0. The lowest BCUT2D eigenvalue weighted by atomic mass is 9.97. The smallest absolute Gasteiger partial charge is 0.254 e. The van der Waals surface area contributed by atoms with Crippen molar-refractivity contribution >= 4 is 11.7 Å². The molecule has 0 aliphatic rings. The lowest BCUT2D eigenvalue weighted by Crippen LogP contribution is -2.27. The van der Waals surface area contributed by atoms with Crippen LogP contribution in [0, 0.1) is 13.8 Å². The summed E-state index contributed by atoms with van der Waals surface area (Å²) in [5, 5.41) is 0. The van der Waals surface area contributed by atoms with Crippen LogP contribution in [0.5, 0.6) is 0 Å². The van der Waals surface area contributed by atoms with Crippen molar-refractivity contribution in [3.63, 3.8) is 0 Å². The van der Waals surface area contributed by atoms with E-state index in [9.17, 15) is 9.59 Å². The normalized spacial score (nSPS) is 10.6. The molecule has 1 heterocycles. The third-order valence-electron chi connectivity index (χ3n) is 4.25. The second kappa shape index (κ2) is 7.40. The van der Waals surface area contributed by atoms with Gasteiger partial charge in [0.25, 0.3) is 5.91 Å². The van der Waals surface area contributed by atoms with E-state index >= 15 is 0 Å². The van der Waals surface area contributed by atoms with E-state index in [1.165, 1.54) is 0 Å². The molecular formula is C22H21NO3. The molecule has 4 nitrogen and oxygen atoms in total. The van der Waals surface area contributed by atoms with E-state index in [-0.39, 0.29) is 11.7 Å². The van der Waals surface area contributed by atoms with Crippen LogP contribution in [0.1, 0.15) is 43.4 Å². The van der Waals surface area contributed by atoms with Crippen LogP contribution >= 0.6 is 0 Å². The molecule has 132 valence electrons. The molecule has 1 aromatic heterocycles. The standard InChI is InChI=1S/C22H21NO3/c1-15-8-11-17(12-9-15)21(24)19-6-4-5-7-20(19)22(25)23(3)14-18-13-10-16(2)26-18/h4-13H,14H2,1-3H3. The number of amides is 1. The van der Waals surface area contributed by atoms with Crippen LogP contribution in [-0.4, -0.2) is 23.6 Å². The number of ketones is 1. The van der Waals surface area contributed by atoms with E-state index in [1.54, 1.807) is 48.3 Å². The van der Waals surface area contributed by atoms with Gasteiger partial charge in [-0.15, -0.1) is 0 Å². The maximum Gasteiger partial charge on any atom is 0.254 e. The van der Waals surface area contributed by atoms with Crippen molar-refractivity contribution in [2.24, 2.45) is 0 Å². The van der Waals surface area contributed by atoms with Crippen molar-refractivity contribution in [3.05, 3.63) is 94.4 Å². The van der Waals surface area contributed by atoms with E-state index in [0.717, 1.165) is 11.3 Å².